The van der Waals surface area contributed by atoms with E-state index in [2.05, 4.69) is 10.6 Å². The zero-order valence-electron chi connectivity index (χ0n) is 12.4. The van der Waals surface area contributed by atoms with E-state index in [1.165, 1.54) is 25.0 Å². The first kappa shape index (κ1) is 17.9. The average Bonchev–Trinajstić information content (AvgIpc) is 2.47. The van der Waals surface area contributed by atoms with Crippen LogP contribution in [-0.4, -0.2) is 25.5 Å². The number of piperidine rings is 1. The van der Waals surface area contributed by atoms with Crippen LogP contribution in [0.4, 0.5) is 4.39 Å². The fourth-order valence-corrected chi connectivity index (χ4v) is 2.65. The Morgan fingerprint density at radius 1 is 1.52 bits per heavy atom. The van der Waals surface area contributed by atoms with E-state index in [1.807, 2.05) is 6.92 Å². The maximum Gasteiger partial charge on any atom is 0.227 e. The van der Waals surface area contributed by atoms with Crippen molar-refractivity contribution >= 4 is 18.3 Å². The highest BCUT2D eigenvalue weighted by Gasteiger charge is 2.17. The molecule has 0 bridgehead atoms. The number of nitrogens with one attached hydrogen (secondary N) is 2. The lowest BCUT2D eigenvalue weighted by molar-refractivity contribution is -0.122. The van der Waals surface area contributed by atoms with Crippen molar-refractivity contribution in [1.29, 1.82) is 0 Å². The normalized spacial score (nSPS) is 19.4. The lowest BCUT2D eigenvalue weighted by Crippen LogP contribution is -2.34. The summed E-state index contributed by atoms with van der Waals surface area (Å²) in [5.41, 5.74) is 0.724. The van der Waals surface area contributed by atoms with Gasteiger partial charge in [0, 0.05) is 6.54 Å². The fraction of sp³-hybridized carbons (Fsp3) is 0.562. The van der Waals surface area contributed by atoms with Crippen molar-refractivity contribution in [3.63, 3.8) is 0 Å². The maximum absolute atomic E-state index is 13.1. The van der Waals surface area contributed by atoms with Crippen molar-refractivity contribution in [3.05, 3.63) is 35.6 Å². The SMILES string of the molecule is CC(C(=O)NCCC1CCCNC1)c1cccc(F)c1.Cl. The van der Waals surface area contributed by atoms with Gasteiger partial charge in [-0.3, -0.25) is 4.79 Å². The molecule has 2 unspecified atom stereocenters. The topological polar surface area (TPSA) is 41.1 Å². The van der Waals surface area contributed by atoms with Gasteiger partial charge in [-0.05, 0) is 62.9 Å². The number of carbonyl (C=O) groups is 1. The minimum absolute atomic E-state index is 0. The van der Waals surface area contributed by atoms with E-state index in [0.717, 1.165) is 25.1 Å². The Kier molecular flexibility index (Phi) is 7.68. The average molecular weight is 315 g/mol. The third-order valence-corrected chi connectivity index (χ3v) is 3.99. The van der Waals surface area contributed by atoms with Crippen LogP contribution in [0.2, 0.25) is 0 Å². The van der Waals surface area contributed by atoms with E-state index in [1.54, 1.807) is 12.1 Å². The molecule has 1 saturated heterocycles. The molecule has 2 rings (SSSR count). The Morgan fingerprint density at radius 3 is 3.00 bits per heavy atom. The van der Waals surface area contributed by atoms with Gasteiger partial charge in [-0.15, -0.1) is 12.4 Å². The smallest absolute Gasteiger partial charge is 0.227 e. The van der Waals surface area contributed by atoms with Crippen molar-refractivity contribution < 1.29 is 9.18 Å². The number of carbonyl (C=O) groups excluding carboxylic acids is 1. The lowest BCUT2D eigenvalue weighted by atomic mass is 9.96. The fourth-order valence-electron chi connectivity index (χ4n) is 2.65. The predicted molar refractivity (Wildman–Crippen MR) is 85.3 cm³/mol. The van der Waals surface area contributed by atoms with E-state index in [4.69, 9.17) is 0 Å². The Morgan fingerprint density at radius 2 is 2.33 bits per heavy atom. The first-order valence-corrected chi connectivity index (χ1v) is 7.40. The molecule has 118 valence electrons. The van der Waals surface area contributed by atoms with Gasteiger partial charge in [0.05, 0.1) is 5.92 Å². The molecule has 0 aromatic heterocycles. The van der Waals surface area contributed by atoms with Crippen molar-refractivity contribution in [3.8, 4) is 0 Å². The molecule has 1 aromatic carbocycles. The van der Waals surface area contributed by atoms with Crippen LogP contribution in [0.1, 0.15) is 37.7 Å². The Bertz CT molecular complexity index is 450. The van der Waals surface area contributed by atoms with E-state index >= 15 is 0 Å². The molecule has 0 aliphatic carbocycles. The van der Waals surface area contributed by atoms with Crippen LogP contribution >= 0.6 is 12.4 Å². The van der Waals surface area contributed by atoms with Crippen LogP contribution in [0.5, 0.6) is 0 Å². The highest BCUT2D eigenvalue weighted by atomic mass is 35.5. The van der Waals surface area contributed by atoms with Gasteiger partial charge in [-0.2, -0.15) is 0 Å². The summed E-state index contributed by atoms with van der Waals surface area (Å²) in [6.07, 6.45) is 3.47. The molecule has 0 radical (unpaired) electrons. The molecule has 1 heterocycles. The van der Waals surface area contributed by atoms with Gasteiger partial charge in [-0.1, -0.05) is 12.1 Å². The standard InChI is InChI=1S/C16H23FN2O.ClH/c1-12(14-5-2-6-15(17)10-14)16(20)19-9-7-13-4-3-8-18-11-13;/h2,5-6,10,12-13,18H,3-4,7-9,11H2,1H3,(H,19,20);1H. The van der Waals surface area contributed by atoms with Crippen molar-refractivity contribution in [2.75, 3.05) is 19.6 Å². The third kappa shape index (κ3) is 5.64. The zero-order chi connectivity index (χ0) is 14.4. The molecule has 1 aliphatic heterocycles. The molecule has 0 saturated carbocycles. The highest BCUT2D eigenvalue weighted by Crippen LogP contribution is 2.17. The summed E-state index contributed by atoms with van der Waals surface area (Å²) in [4.78, 5) is 12.0. The first-order chi connectivity index (χ1) is 9.66. The summed E-state index contributed by atoms with van der Waals surface area (Å²) in [6, 6.07) is 6.25. The molecule has 1 fully saturated rings. The monoisotopic (exact) mass is 314 g/mol. The van der Waals surface area contributed by atoms with Gasteiger partial charge >= 0.3 is 0 Å². The van der Waals surface area contributed by atoms with Crippen LogP contribution in [0.25, 0.3) is 0 Å². The van der Waals surface area contributed by atoms with Gasteiger partial charge in [-0.25, -0.2) is 4.39 Å². The number of hydrogen-bond donors (Lipinski definition) is 2. The third-order valence-electron chi connectivity index (χ3n) is 3.99. The van der Waals surface area contributed by atoms with Crippen LogP contribution in [0, 0.1) is 11.7 Å². The van der Waals surface area contributed by atoms with Gasteiger partial charge in [0.25, 0.3) is 0 Å². The molecule has 0 spiro atoms. The van der Waals surface area contributed by atoms with Crippen LogP contribution in [-0.2, 0) is 4.79 Å². The quantitative estimate of drug-likeness (QED) is 0.877. The lowest BCUT2D eigenvalue weighted by Gasteiger charge is -2.23. The minimum atomic E-state index is -0.310. The molecule has 2 N–H and O–H groups in total. The Hall–Kier alpha value is -1.13. The predicted octanol–water partition coefficient (Wildman–Crippen LogP) is 2.86. The van der Waals surface area contributed by atoms with Crippen molar-refractivity contribution in [2.45, 2.75) is 32.1 Å². The summed E-state index contributed by atoms with van der Waals surface area (Å²) < 4.78 is 13.1. The maximum atomic E-state index is 13.1. The second-order valence-corrected chi connectivity index (χ2v) is 5.57. The molecular weight excluding hydrogens is 291 g/mol. The molecule has 2 atom stereocenters. The summed E-state index contributed by atoms with van der Waals surface area (Å²) in [6.45, 7) is 4.67. The second kappa shape index (κ2) is 9.00. The second-order valence-electron chi connectivity index (χ2n) is 5.57. The summed E-state index contributed by atoms with van der Waals surface area (Å²) in [7, 11) is 0. The van der Waals surface area contributed by atoms with Gasteiger partial charge < -0.3 is 10.6 Å². The van der Waals surface area contributed by atoms with Crippen LogP contribution in [0.3, 0.4) is 0 Å². The summed E-state index contributed by atoms with van der Waals surface area (Å²) in [5.74, 6) is 0.0264. The number of benzene rings is 1. The molecule has 3 nitrogen and oxygen atoms in total. The largest absolute Gasteiger partial charge is 0.356 e. The van der Waals surface area contributed by atoms with E-state index in [-0.39, 0.29) is 30.0 Å². The Labute approximate surface area is 132 Å². The number of rotatable bonds is 5. The first-order valence-electron chi connectivity index (χ1n) is 7.40. The number of halogens is 2. The molecule has 1 amide bonds. The molecule has 21 heavy (non-hydrogen) atoms. The van der Waals surface area contributed by atoms with Crippen molar-refractivity contribution in [2.24, 2.45) is 5.92 Å². The van der Waals surface area contributed by atoms with Crippen molar-refractivity contribution in [1.82, 2.24) is 10.6 Å². The number of amides is 1. The van der Waals surface area contributed by atoms with Gasteiger partial charge in [0.1, 0.15) is 5.82 Å². The van der Waals surface area contributed by atoms with Gasteiger partial charge in [0.2, 0.25) is 5.91 Å². The summed E-state index contributed by atoms with van der Waals surface area (Å²) in [5, 5.41) is 6.33. The van der Waals surface area contributed by atoms with Crippen LogP contribution in [0.15, 0.2) is 24.3 Å². The minimum Gasteiger partial charge on any atom is -0.356 e. The molecule has 1 aliphatic rings. The molecule has 5 heteroatoms. The van der Waals surface area contributed by atoms with E-state index in [9.17, 15) is 9.18 Å². The molecular formula is C16H24ClFN2O. The highest BCUT2D eigenvalue weighted by molar-refractivity contribution is 5.85. The van der Waals surface area contributed by atoms with E-state index < -0.39 is 0 Å². The van der Waals surface area contributed by atoms with Crippen LogP contribution < -0.4 is 10.6 Å². The zero-order valence-corrected chi connectivity index (χ0v) is 13.2. The Balaban J connectivity index is 0.00000220. The summed E-state index contributed by atoms with van der Waals surface area (Å²) >= 11 is 0. The molecule has 1 aromatic rings. The van der Waals surface area contributed by atoms with Gasteiger partial charge in [0.15, 0.2) is 0 Å². The van der Waals surface area contributed by atoms with E-state index in [0.29, 0.717) is 12.5 Å². The number of hydrogen-bond acceptors (Lipinski definition) is 2.